The fourth-order valence-electron chi connectivity index (χ4n) is 2.55. The van der Waals surface area contributed by atoms with Crippen molar-refractivity contribution in [1.29, 1.82) is 0 Å². The van der Waals surface area contributed by atoms with E-state index in [4.69, 9.17) is 15.0 Å². The van der Waals surface area contributed by atoms with Gasteiger partial charge in [-0.2, -0.15) is 0 Å². The molecule has 1 rings (SSSR count). The van der Waals surface area contributed by atoms with Gasteiger partial charge in [-0.15, -0.1) is 0 Å². The SMILES string of the molecule is CC(C)C(NC(=O)N1CCOCC1)P(=O)(O)O[C@@H](CCCCN)C(=O)O. The molecule has 3 atom stereocenters. The Labute approximate surface area is 153 Å². The van der Waals surface area contributed by atoms with Crippen molar-refractivity contribution >= 4 is 19.6 Å². The summed E-state index contributed by atoms with van der Waals surface area (Å²) in [6, 6.07) is -0.500. The van der Waals surface area contributed by atoms with Crippen LogP contribution >= 0.6 is 7.60 Å². The lowest BCUT2D eigenvalue weighted by Crippen LogP contribution is -2.50. The van der Waals surface area contributed by atoms with Gasteiger partial charge in [0.25, 0.3) is 0 Å². The molecule has 0 aromatic rings. The number of ether oxygens (including phenoxy) is 1. The zero-order chi connectivity index (χ0) is 19.7. The van der Waals surface area contributed by atoms with Gasteiger partial charge in [0.15, 0.2) is 6.10 Å². The average Bonchev–Trinajstić information content (AvgIpc) is 2.58. The molecule has 0 aliphatic carbocycles. The second kappa shape index (κ2) is 10.8. The number of carbonyl (C=O) groups is 2. The Balaban J connectivity index is 2.78. The number of hydrogen-bond acceptors (Lipinski definition) is 6. The van der Waals surface area contributed by atoms with E-state index in [0.29, 0.717) is 45.7 Å². The van der Waals surface area contributed by atoms with E-state index in [1.165, 1.54) is 4.90 Å². The van der Waals surface area contributed by atoms with Crippen LogP contribution < -0.4 is 11.1 Å². The van der Waals surface area contributed by atoms with Gasteiger partial charge >= 0.3 is 19.6 Å². The van der Waals surface area contributed by atoms with Gasteiger partial charge in [-0.05, 0) is 31.7 Å². The molecule has 2 unspecified atom stereocenters. The molecule has 0 saturated carbocycles. The quantitative estimate of drug-likeness (QED) is 0.313. The van der Waals surface area contributed by atoms with E-state index in [-0.39, 0.29) is 6.42 Å². The second-order valence-electron chi connectivity index (χ2n) is 6.52. The minimum Gasteiger partial charge on any atom is -0.479 e. The van der Waals surface area contributed by atoms with Crippen LogP contribution in [0.2, 0.25) is 0 Å². The molecule has 1 fully saturated rings. The predicted molar refractivity (Wildman–Crippen MR) is 94.8 cm³/mol. The Bertz CT molecular complexity index is 511. The van der Waals surface area contributed by atoms with Crippen LogP contribution in [0.5, 0.6) is 0 Å². The molecule has 1 aliphatic heterocycles. The molecule has 2 amide bonds. The summed E-state index contributed by atoms with van der Waals surface area (Å²) >= 11 is 0. The summed E-state index contributed by atoms with van der Waals surface area (Å²) in [6.45, 7) is 5.26. The standard InChI is InChI=1S/C15H30N3O7P/c1-11(2)13(17-15(21)18-7-9-24-10-8-18)26(22,23)25-12(14(19)20)5-3-4-6-16/h11-13H,3-10,16H2,1-2H3,(H,17,21)(H,19,20)(H,22,23)/t12-,13?/m0/s1. The number of nitrogens with one attached hydrogen (secondary N) is 1. The third kappa shape index (κ3) is 7.20. The Morgan fingerprint density at radius 1 is 1.31 bits per heavy atom. The third-order valence-electron chi connectivity index (χ3n) is 4.03. The van der Waals surface area contributed by atoms with Gasteiger partial charge in [0.05, 0.1) is 13.2 Å². The lowest BCUT2D eigenvalue weighted by Gasteiger charge is -2.32. The number of rotatable bonds is 10. The molecule has 1 aliphatic rings. The predicted octanol–water partition coefficient (Wildman–Crippen LogP) is 0.795. The molecule has 1 heterocycles. The summed E-state index contributed by atoms with van der Waals surface area (Å²) in [5.74, 6) is -2.97. The molecule has 10 nitrogen and oxygen atoms in total. The maximum Gasteiger partial charge on any atom is 0.351 e. The number of unbranched alkanes of at least 4 members (excludes halogenated alkanes) is 1. The number of urea groups is 1. The molecule has 26 heavy (non-hydrogen) atoms. The summed E-state index contributed by atoms with van der Waals surface area (Å²) < 4.78 is 22.9. The van der Waals surface area contributed by atoms with Crippen molar-refractivity contribution in [2.45, 2.75) is 45.0 Å². The lowest BCUT2D eigenvalue weighted by molar-refractivity contribution is -0.145. The van der Waals surface area contributed by atoms with E-state index in [0.717, 1.165) is 0 Å². The largest absolute Gasteiger partial charge is 0.479 e. The fraction of sp³-hybridized carbons (Fsp3) is 0.867. The summed E-state index contributed by atoms with van der Waals surface area (Å²) in [6.07, 6.45) is -0.317. The van der Waals surface area contributed by atoms with Gasteiger partial charge in [0.2, 0.25) is 0 Å². The Hall–Kier alpha value is -1.19. The number of amides is 2. The minimum atomic E-state index is -4.42. The van der Waals surface area contributed by atoms with Gasteiger partial charge in [0, 0.05) is 13.1 Å². The summed E-state index contributed by atoms with van der Waals surface area (Å²) in [5, 5.41) is 11.8. The van der Waals surface area contributed by atoms with E-state index < -0.39 is 37.4 Å². The number of carboxylic acids is 1. The summed E-state index contributed by atoms with van der Waals surface area (Å²) in [4.78, 5) is 35.5. The van der Waals surface area contributed by atoms with Crippen molar-refractivity contribution in [2.75, 3.05) is 32.8 Å². The maximum atomic E-state index is 12.7. The van der Waals surface area contributed by atoms with Crippen LogP contribution in [0.25, 0.3) is 0 Å². The highest BCUT2D eigenvalue weighted by atomic mass is 31.2. The smallest absolute Gasteiger partial charge is 0.351 e. The fourth-order valence-corrected chi connectivity index (χ4v) is 4.27. The van der Waals surface area contributed by atoms with Crippen molar-refractivity contribution in [2.24, 2.45) is 11.7 Å². The van der Waals surface area contributed by atoms with Crippen LogP contribution in [0.1, 0.15) is 33.1 Å². The minimum absolute atomic E-state index is 0.0688. The van der Waals surface area contributed by atoms with E-state index in [9.17, 15) is 24.2 Å². The first-order chi connectivity index (χ1) is 12.2. The number of carbonyl (C=O) groups excluding carboxylic acids is 1. The van der Waals surface area contributed by atoms with Gasteiger partial charge in [-0.3, -0.25) is 9.09 Å². The zero-order valence-corrected chi connectivity index (χ0v) is 16.2. The molecule has 0 bridgehead atoms. The van der Waals surface area contributed by atoms with Crippen molar-refractivity contribution < 1.29 is 33.4 Å². The number of carboxylic acid groups (broad SMARTS) is 1. The first kappa shape index (κ1) is 22.9. The van der Waals surface area contributed by atoms with Crippen LogP contribution in [0, 0.1) is 5.92 Å². The highest BCUT2D eigenvalue weighted by molar-refractivity contribution is 7.53. The maximum absolute atomic E-state index is 12.7. The summed E-state index contributed by atoms with van der Waals surface area (Å²) in [7, 11) is -4.42. The first-order valence-corrected chi connectivity index (χ1v) is 10.4. The third-order valence-corrected chi connectivity index (χ3v) is 6.01. The average molecular weight is 395 g/mol. The van der Waals surface area contributed by atoms with Crippen molar-refractivity contribution in [3.8, 4) is 0 Å². The normalized spacial score (nSPS) is 19.7. The van der Waals surface area contributed by atoms with Gasteiger partial charge in [-0.1, -0.05) is 13.8 Å². The molecular formula is C15H30N3O7P. The molecule has 152 valence electrons. The zero-order valence-electron chi connectivity index (χ0n) is 15.3. The molecular weight excluding hydrogens is 365 g/mol. The van der Waals surface area contributed by atoms with E-state index in [2.05, 4.69) is 5.32 Å². The Morgan fingerprint density at radius 3 is 2.42 bits per heavy atom. The van der Waals surface area contributed by atoms with Crippen LogP contribution in [0.4, 0.5) is 4.79 Å². The number of aliphatic carboxylic acids is 1. The van der Waals surface area contributed by atoms with Crippen LogP contribution in [0.3, 0.4) is 0 Å². The monoisotopic (exact) mass is 395 g/mol. The summed E-state index contributed by atoms with van der Waals surface area (Å²) in [5.41, 5.74) is 5.38. The second-order valence-corrected chi connectivity index (χ2v) is 8.41. The van der Waals surface area contributed by atoms with E-state index >= 15 is 0 Å². The highest BCUT2D eigenvalue weighted by Crippen LogP contribution is 2.50. The van der Waals surface area contributed by atoms with Crippen molar-refractivity contribution in [3.63, 3.8) is 0 Å². The molecule has 5 N–H and O–H groups in total. The van der Waals surface area contributed by atoms with E-state index in [1.54, 1.807) is 13.8 Å². The van der Waals surface area contributed by atoms with Crippen LogP contribution in [0.15, 0.2) is 0 Å². The number of nitrogens with two attached hydrogens (primary N) is 1. The highest BCUT2D eigenvalue weighted by Gasteiger charge is 2.40. The first-order valence-electron chi connectivity index (χ1n) is 8.76. The Morgan fingerprint density at radius 2 is 1.92 bits per heavy atom. The van der Waals surface area contributed by atoms with Gasteiger partial charge in [-0.25, -0.2) is 9.59 Å². The lowest BCUT2D eigenvalue weighted by atomic mass is 10.1. The molecule has 0 aromatic carbocycles. The molecule has 0 aromatic heterocycles. The molecule has 1 saturated heterocycles. The Kier molecular flexibility index (Phi) is 9.52. The van der Waals surface area contributed by atoms with Crippen molar-refractivity contribution in [3.05, 3.63) is 0 Å². The molecule has 11 heteroatoms. The molecule has 0 spiro atoms. The number of nitrogens with zero attached hydrogens (tertiary/aromatic N) is 1. The van der Waals surface area contributed by atoms with Gasteiger partial charge < -0.3 is 30.7 Å². The molecule has 0 radical (unpaired) electrons. The van der Waals surface area contributed by atoms with Crippen LogP contribution in [-0.2, 0) is 18.6 Å². The van der Waals surface area contributed by atoms with Crippen LogP contribution in [-0.4, -0.2) is 71.6 Å². The number of morpholine rings is 1. The van der Waals surface area contributed by atoms with Crippen molar-refractivity contribution in [1.82, 2.24) is 10.2 Å². The topological polar surface area (TPSA) is 151 Å². The van der Waals surface area contributed by atoms with Gasteiger partial charge in [0.1, 0.15) is 5.78 Å². The van der Waals surface area contributed by atoms with E-state index in [1.807, 2.05) is 0 Å². The number of hydrogen-bond donors (Lipinski definition) is 4.